The van der Waals surface area contributed by atoms with Crippen molar-refractivity contribution >= 4 is 57.6 Å². The Morgan fingerprint density at radius 2 is 1.44 bits per heavy atom. The molecule has 3 unspecified atom stereocenters. The van der Waals surface area contributed by atoms with Crippen LogP contribution in [0.2, 0.25) is 0 Å². The van der Waals surface area contributed by atoms with Gasteiger partial charge in [0.05, 0.1) is 25.9 Å². The van der Waals surface area contributed by atoms with Crippen LogP contribution in [-0.4, -0.2) is 124 Å². The van der Waals surface area contributed by atoms with E-state index in [1.165, 1.54) is 0 Å². The molecule has 50 heavy (non-hydrogen) atoms. The lowest BCUT2D eigenvalue weighted by Gasteiger charge is -2.24. The molecule has 0 spiro atoms. The lowest BCUT2D eigenvalue weighted by atomic mass is 10.1. The average molecular weight is 772 g/mol. The molecule has 4 aromatic heterocycles. The monoisotopic (exact) mass is 772 g/mol. The Hall–Kier alpha value is -3.33. The van der Waals surface area contributed by atoms with E-state index in [9.17, 15) is 53.6 Å². The van der Waals surface area contributed by atoms with Crippen molar-refractivity contribution in [3.8, 4) is 0 Å². The SMILES string of the molecule is Nc1nc2c(ncn2[C@@H]2O[C@H](COP(=O)(O)OP(=O)(O)OP(=O)(O)O[C@H]3[C@@H](O)[C@H](n4cnc5c(N)ncnc54)O[C@@H]3CO)[C@@H](O)[C@H]2O)c(=O)[nH]1. The van der Waals surface area contributed by atoms with Crippen LogP contribution in [0.5, 0.6) is 0 Å². The number of hydrogen-bond donors (Lipinski definition) is 10. The highest BCUT2D eigenvalue weighted by Crippen LogP contribution is 2.68. The normalized spacial score (nSPS) is 30.8. The number of nitrogens with one attached hydrogen (secondary N) is 1. The number of aliphatic hydroxyl groups excluding tert-OH is 4. The molecule has 0 amide bonds. The summed E-state index contributed by atoms with van der Waals surface area (Å²) < 4.78 is 68.4. The first-order chi connectivity index (χ1) is 23.4. The molecule has 0 aromatic carbocycles. The topological polar surface area (TPSA) is 407 Å². The minimum absolute atomic E-state index is 0.0239. The van der Waals surface area contributed by atoms with Gasteiger partial charge in [-0.15, -0.1) is 0 Å². The Labute approximate surface area is 275 Å². The van der Waals surface area contributed by atoms with Crippen LogP contribution in [-0.2, 0) is 40.8 Å². The molecule has 12 N–H and O–H groups in total. The summed E-state index contributed by atoms with van der Waals surface area (Å²) in [6.45, 7) is -2.01. The van der Waals surface area contributed by atoms with Gasteiger partial charge in [0.25, 0.3) is 5.56 Å². The van der Waals surface area contributed by atoms with Crippen molar-refractivity contribution in [1.82, 2.24) is 39.0 Å². The molecule has 27 nitrogen and oxygen atoms in total. The third kappa shape index (κ3) is 7.08. The molecule has 0 bridgehead atoms. The van der Waals surface area contributed by atoms with Crippen molar-refractivity contribution < 1.29 is 75.9 Å². The maximum Gasteiger partial charge on any atom is 0.490 e. The fourth-order valence-corrected chi connectivity index (χ4v) is 8.87. The van der Waals surface area contributed by atoms with Gasteiger partial charge in [-0.3, -0.25) is 28.0 Å². The fraction of sp³-hybridized carbons (Fsp3) is 0.500. The Morgan fingerprint density at radius 3 is 2.14 bits per heavy atom. The summed E-state index contributed by atoms with van der Waals surface area (Å²) in [7, 11) is -17.6. The second-order valence-electron chi connectivity index (χ2n) is 10.6. The summed E-state index contributed by atoms with van der Waals surface area (Å²) >= 11 is 0. The van der Waals surface area contributed by atoms with E-state index in [2.05, 4.69) is 43.0 Å². The van der Waals surface area contributed by atoms with Crippen LogP contribution in [0.25, 0.3) is 22.3 Å². The van der Waals surface area contributed by atoms with E-state index in [-0.39, 0.29) is 34.1 Å². The lowest BCUT2D eigenvalue weighted by molar-refractivity contribution is -0.0510. The van der Waals surface area contributed by atoms with E-state index in [4.69, 9.17) is 25.5 Å². The van der Waals surface area contributed by atoms with Gasteiger partial charge in [0.15, 0.2) is 35.1 Å². The second kappa shape index (κ2) is 13.3. The number of aromatic nitrogens is 8. The highest BCUT2D eigenvalue weighted by atomic mass is 31.3. The number of aliphatic hydroxyl groups is 4. The number of ether oxygens (including phenoxy) is 2. The molecular formula is C20H27N10O17P3. The van der Waals surface area contributed by atoms with Gasteiger partial charge in [-0.1, -0.05) is 0 Å². The van der Waals surface area contributed by atoms with Gasteiger partial charge in [-0.05, 0) is 0 Å². The predicted octanol–water partition coefficient (Wildman–Crippen LogP) is -3.27. The summed E-state index contributed by atoms with van der Waals surface area (Å²) in [5, 5.41) is 41.6. The molecular weight excluding hydrogens is 745 g/mol. The van der Waals surface area contributed by atoms with Crippen LogP contribution in [0.15, 0.2) is 23.8 Å². The van der Waals surface area contributed by atoms with E-state index in [1.54, 1.807) is 0 Å². The van der Waals surface area contributed by atoms with E-state index in [0.29, 0.717) is 0 Å². The van der Waals surface area contributed by atoms with Crippen molar-refractivity contribution in [3.63, 3.8) is 0 Å². The van der Waals surface area contributed by atoms with Crippen molar-refractivity contribution in [3.05, 3.63) is 29.3 Å². The summed E-state index contributed by atoms with van der Waals surface area (Å²) in [6.07, 6.45) is -10.3. The Morgan fingerprint density at radius 1 is 0.820 bits per heavy atom. The summed E-state index contributed by atoms with van der Waals surface area (Å²) in [4.78, 5) is 64.0. The molecule has 2 fully saturated rings. The third-order valence-electron chi connectivity index (χ3n) is 7.28. The van der Waals surface area contributed by atoms with Gasteiger partial charge in [-0.2, -0.15) is 13.6 Å². The van der Waals surface area contributed by atoms with Crippen molar-refractivity contribution in [1.29, 1.82) is 0 Å². The number of H-pyrrole nitrogens is 1. The van der Waals surface area contributed by atoms with Crippen LogP contribution in [0.1, 0.15) is 12.5 Å². The minimum Gasteiger partial charge on any atom is -0.394 e. The molecule has 274 valence electrons. The first-order valence-electron chi connectivity index (χ1n) is 13.8. The minimum atomic E-state index is -6.04. The zero-order chi connectivity index (χ0) is 36.3. The predicted molar refractivity (Wildman–Crippen MR) is 158 cm³/mol. The summed E-state index contributed by atoms with van der Waals surface area (Å²) in [6, 6.07) is 0. The van der Waals surface area contributed by atoms with Gasteiger partial charge in [0.1, 0.15) is 48.5 Å². The molecule has 2 saturated heterocycles. The Kier molecular flexibility index (Phi) is 9.72. The van der Waals surface area contributed by atoms with Gasteiger partial charge in [0, 0.05) is 0 Å². The lowest BCUT2D eigenvalue weighted by Crippen LogP contribution is -2.35. The smallest absolute Gasteiger partial charge is 0.394 e. The molecule has 4 aromatic rings. The van der Waals surface area contributed by atoms with Crippen molar-refractivity contribution in [2.45, 2.75) is 49.1 Å². The summed E-state index contributed by atoms with van der Waals surface area (Å²) in [5.74, 6) is -0.331. The molecule has 6 heterocycles. The molecule has 0 saturated carbocycles. The van der Waals surface area contributed by atoms with E-state index >= 15 is 0 Å². The van der Waals surface area contributed by atoms with Crippen molar-refractivity contribution in [2.24, 2.45) is 0 Å². The Balaban J connectivity index is 1.08. The number of aromatic amines is 1. The number of phosphoric ester groups is 2. The fourth-order valence-electron chi connectivity index (χ4n) is 5.15. The van der Waals surface area contributed by atoms with Crippen LogP contribution in [0, 0.1) is 0 Å². The maximum atomic E-state index is 12.7. The first-order valence-corrected chi connectivity index (χ1v) is 18.2. The third-order valence-corrected chi connectivity index (χ3v) is 11.6. The van der Waals surface area contributed by atoms with E-state index in [1.807, 2.05) is 0 Å². The number of nitrogen functional groups attached to an aromatic ring is 2. The first kappa shape index (κ1) is 36.5. The van der Waals surface area contributed by atoms with Gasteiger partial charge in [-0.25, -0.2) is 33.6 Å². The quantitative estimate of drug-likeness (QED) is 0.0631. The largest absolute Gasteiger partial charge is 0.490 e. The molecule has 11 atom stereocenters. The Bertz CT molecular complexity index is 2110. The molecule has 0 radical (unpaired) electrons. The molecule has 0 aliphatic carbocycles. The number of nitrogens with zero attached hydrogens (tertiary/aromatic N) is 7. The zero-order valence-electron chi connectivity index (χ0n) is 24.6. The highest BCUT2D eigenvalue weighted by Gasteiger charge is 2.52. The number of nitrogens with two attached hydrogens (primary N) is 2. The van der Waals surface area contributed by atoms with Crippen LogP contribution >= 0.6 is 23.5 Å². The number of phosphoric acid groups is 3. The number of hydrogen-bond acceptors (Lipinski definition) is 21. The van der Waals surface area contributed by atoms with Gasteiger partial charge >= 0.3 is 23.5 Å². The van der Waals surface area contributed by atoms with Crippen LogP contribution in [0.3, 0.4) is 0 Å². The van der Waals surface area contributed by atoms with Gasteiger partial charge < -0.3 is 56.0 Å². The van der Waals surface area contributed by atoms with E-state index in [0.717, 1.165) is 28.1 Å². The number of fused-ring (bicyclic) bond motifs is 2. The van der Waals surface area contributed by atoms with Gasteiger partial charge in [0.2, 0.25) is 5.95 Å². The van der Waals surface area contributed by atoms with Crippen LogP contribution in [0.4, 0.5) is 11.8 Å². The average Bonchev–Trinajstić information content (AvgIpc) is 3.77. The maximum absolute atomic E-state index is 12.7. The number of imidazole rings is 2. The number of rotatable bonds is 12. The zero-order valence-corrected chi connectivity index (χ0v) is 27.3. The molecule has 30 heteroatoms. The molecule has 6 rings (SSSR count). The second-order valence-corrected chi connectivity index (χ2v) is 15.2. The standard InChI is InChI=1S/C20H27N10O17P3/c21-14-8-15(24-3-23-14)29(4-25-8)19-12(34)13(6(1-31)43-19)45-49(38,39)47-50(40,41)46-48(36,37)42-2-7-10(32)11(33)18(44-7)30-5-26-9-16(30)27-20(22)28-17(9)35/h3-7,10-13,18-19,31-34H,1-2H2,(H,36,37)(H,38,39)(H,40,41)(H2,21,23,24)(H3,22,27,28,35)/t6-,7-,10-,11-,12-,13-,18-,19-/m1/s1. The summed E-state index contributed by atoms with van der Waals surface area (Å²) in [5.41, 5.74) is 10.4. The molecule has 2 aliphatic heterocycles. The molecule has 2 aliphatic rings. The van der Waals surface area contributed by atoms with E-state index < -0.39 is 91.3 Å². The van der Waals surface area contributed by atoms with Crippen LogP contribution < -0.4 is 17.0 Å². The number of anilines is 2. The van der Waals surface area contributed by atoms with Crippen molar-refractivity contribution in [2.75, 3.05) is 24.7 Å². The highest BCUT2D eigenvalue weighted by molar-refractivity contribution is 7.66.